The molecule has 0 aromatic heterocycles. The highest BCUT2D eigenvalue weighted by Gasteiger charge is 2.47. The Morgan fingerprint density at radius 3 is 2.23 bits per heavy atom. The van der Waals surface area contributed by atoms with E-state index in [1.54, 1.807) is 0 Å². The van der Waals surface area contributed by atoms with E-state index in [9.17, 15) is 8.78 Å². The first-order valence-electron chi connectivity index (χ1n) is 10.6. The summed E-state index contributed by atoms with van der Waals surface area (Å²) in [6, 6.07) is 0.0551. The number of hydrogen-bond acceptors (Lipinski definition) is 3. The lowest BCUT2D eigenvalue weighted by Crippen LogP contribution is -2.53. The first-order chi connectivity index (χ1) is 12.4. The van der Waals surface area contributed by atoms with Gasteiger partial charge in [-0.1, -0.05) is 48.5 Å². The highest BCUT2D eigenvalue weighted by Crippen LogP contribution is 2.39. The van der Waals surface area contributed by atoms with Gasteiger partial charge < -0.3 is 9.47 Å². The Bertz CT molecular complexity index is 379. The molecular weight excluding hydrogens is 336 g/mol. The van der Waals surface area contributed by atoms with Crippen molar-refractivity contribution < 1.29 is 18.3 Å². The SMILES string of the molecule is CC.CCC1C(C(C)C)C(C(C)C)OC2CCCOCC2N1CC(F)F. The van der Waals surface area contributed by atoms with Crippen LogP contribution in [0.2, 0.25) is 0 Å². The van der Waals surface area contributed by atoms with Gasteiger partial charge in [-0.15, -0.1) is 0 Å². The summed E-state index contributed by atoms with van der Waals surface area (Å²) in [7, 11) is 0. The van der Waals surface area contributed by atoms with E-state index in [0.29, 0.717) is 25.0 Å². The van der Waals surface area contributed by atoms with Gasteiger partial charge in [0.25, 0.3) is 6.43 Å². The van der Waals surface area contributed by atoms with E-state index in [0.717, 1.165) is 19.3 Å². The maximum Gasteiger partial charge on any atom is 0.251 e. The fraction of sp³-hybridized carbons (Fsp3) is 1.00. The normalized spacial score (nSPS) is 33.5. The van der Waals surface area contributed by atoms with Gasteiger partial charge in [-0.25, -0.2) is 8.78 Å². The first kappa shape index (κ1) is 23.8. The summed E-state index contributed by atoms with van der Waals surface area (Å²) in [5.41, 5.74) is 0. The van der Waals surface area contributed by atoms with Crippen molar-refractivity contribution in [2.45, 2.75) is 98.4 Å². The third-order valence-electron chi connectivity index (χ3n) is 5.70. The molecule has 0 spiro atoms. The summed E-state index contributed by atoms with van der Waals surface area (Å²) in [4.78, 5) is 2.04. The topological polar surface area (TPSA) is 21.7 Å². The predicted octanol–water partition coefficient (Wildman–Crippen LogP) is 5.23. The third kappa shape index (κ3) is 5.87. The summed E-state index contributed by atoms with van der Waals surface area (Å²) >= 11 is 0. The van der Waals surface area contributed by atoms with E-state index in [4.69, 9.17) is 9.47 Å². The van der Waals surface area contributed by atoms with Gasteiger partial charge in [-0.2, -0.15) is 0 Å². The lowest BCUT2D eigenvalue weighted by molar-refractivity contribution is -0.0789. The zero-order chi connectivity index (χ0) is 19.9. The van der Waals surface area contributed by atoms with E-state index in [2.05, 4.69) is 34.6 Å². The molecule has 0 N–H and O–H groups in total. The van der Waals surface area contributed by atoms with Crippen LogP contribution in [-0.4, -0.2) is 55.4 Å². The van der Waals surface area contributed by atoms with E-state index in [1.165, 1.54) is 0 Å². The molecule has 3 nitrogen and oxygen atoms in total. The Morgan fingerprint density at radius 1 is 1.08 bits per heavy atom. The lowest BCUT2D eigenvalue weighted by atomic mass is 9.78. The van der Waals surface area contributed by atoms with Crippen LogP contribution in [0.4, 0.5) is 8.78 Å². The van der Waals surface area contributed by atoms with Crippen molar-refractivity contribution in [2.75, 3.05) is 19.8 Å². The van der Waals surface area contributed by atoms with Crippen LogP contribution >= 0.6 is 0 Å². The van der Waals surface area contributed by atoms with Crippen molar-refractivity contribution in [3.63, 3.8) is 0 Å². The second-order valence-corrected chi connectivity index (χ2v) is 8.05. The van der Waals surface area contributed by atoms with Gasteiger partial charge in [0.1, 0.15) is 0 Å². The molecule has 2 saturated heterocycles. The van der Waals surface area contributed by atoms with Crippen molar-refractivity contribution in [1.82, 2.24) is 4.90 Å². The molecule has 156 valence electrons. The Labute approximate surface area is 159 Å². The zero-order valence-corrected chi connectivity index (χ0v) is 17.9. The summed E-state index contributed by atoms with van der Waals surface area (Å²) in [5, 5.41) is 0. The van der Waals surface area contributed by atoms with Gasteiger partial charge in [-0.3, -0.25) is 4.90 Å². The molecule has 2 aliphatic rings. The molecule has 0 aromatic carbocycles. The number of ether oxygens (including phenoxy) is 2. The molecule has 0 saturated carbocycles. The fourth-order valence-corrected chi connectivity index (χ4v) is 4.70. The minimum Gasteiger partial charge on any atom is -0.380 e. The van der Waals surface area contributed by atoms with E-state index < -0.39 is 6.43 Å². The monoisotopic (exact) mass is 377 g/mol. The molecular formula is C21H41F2NO2. The Balaban J connectivity index is 0.00000163. The van der Waals surface area contributed by atoms with E-state index in [1.807, 2.05) is 18.7 Å². The first-order valence-corrected chi connectivity index (χ1v) is 10.6. The van der Waals surface area contributed by atoms with Crippen LogP contribution < -0.4 is 0 Å². The Hall–Kier alpha value is -0.260. The minimum absolute atomic E-state index is 0.00329. The minimum atomic E-state index is -2.33. The van der Waals surface area contributed by atoms with Gasteiger partial charge in [0, 0.05) is 18.6 Å². The van der Waals surface area contributed by atoms with Crippen molar-refractivity contribution in [3.05, 3.63) is 0 Å². The van der Waals surface area contributed by atoms with Crippen LogP contribution in [0.15, 0.2) is 0 Å². The van der Waals surface area contributed by atoms with Crippen LogP contribution in [0.25, 0.3) is 0 Å². The zero-order valence-electron chi connectivity index (χ0n) is 17.9. The number of fused-ring (bicyclic) bond motifs is 1. The molecule has 0 bridgehead atoms. The molecule has 2 rings (SSSR count). The lowest BCUT2D eigenvalue weighted by Gasteiger charge is -2.42. The quantitative estimate of drug-likeness (QED) is 0.654. The van der Waals surface area contributed by atoms with Crippen LogP contribution in [0, 0.1) is 17.8 Å². The molecule has 2 fully saturated rings. The third-order valence-corrected chi connectivity index (χ3v) is 5.70. The number of rotatable bonds is 5. The van der Waals surface area contributed by atoms with Crippen LogP contribution in [0.3, 0.4) is 0 Å². The summed E-state index contributed by atoms with van der Waals surface area (Å²) in [5.74, 6) is 1.04. The molecule has 26 heavy (non-hydrogen) atoms. The van der Waals surface area contributed by atoms with E-state index in [-0.39, 0.29) is 36.8 Å². The van der Waals surface area contributed by atoms with Gasteiger partial charge >= 0.3 is 0 Å². The van der Waals surface area contributed by atoms with E-state index >= 15 is 0 Å². The molecule has 5 heteroatoms. The highest BCUT2D eigenvalue weighted by molar-refractivity contribution is 4.97. The number of nitrogens with zero attached hydrogens (tertiary/aromatic N) is 1. The summed E-state index contributed by atoms with van der Waals surface area (Å²) in [6.07, 6.45) is 0.490. The van der Waals surface area contributed by atoms with Crippen LogP contribution in [0.5, 0.6) is 0 Å². The van der Waals surface area contributed by atoms with Gasteiger partial charge in [-0.05, 0) is 31.1 Å². The largest absolute Gasteiger partial charge is 0.380 e. The average Bonchev–Trinajstić information content (AvgIpc) is 2.88. The molecule has 2 aliphatic heterocycles. The highest BCUT2D eigenvalue weighted by atomic mass is 19.3. The number of hydrogen-bond donors (Lipinski definition) is 0. The Kier molecular flexibility index (Phi) is 10.6. The van der Waals surface area contributed by atoms with Crippen molar-refractivity contribution in [1.29, 1.82) is 0 Å². The second-order valence-electron chi connectivity index (χ2n) is 8.05. The Morgan fingerprint density at radius 2 is 1.73 bits per heavy atom. The molecule has 0 radical (unpaired) electrons. The smallest absolute Gasteiger partial charge is 0.251 e. The van der Waals surface area contributed by atoms with Gasteiger partial charge in [0.2, 0.25) is 0 Å². The fourth-order valence-electron chi connectivity index (χ4n) is 4.70. The number of alkyl halides is 2. The molecule has 0 aromatic rings. The van der Waals surface area contributed by atoms with Gasteiger partial charge in [0.15, 0.2) is 0 Å². The van der Waals surface area contributed by atoms with Crippen molar-refractivity contribution in [3.8, 4) is 0 Å². The molecule has 5 atom stereocenters. The predicted molar refractivity (Wildman–Crippen MR) is 104 cm³/mol. The molecule has 0 amide bonds. The number of halogens is 2. The summed E-state index contributed by atoms with van der Waals surface area (Å²) < 4.78 is 39.1. The van der Waals surface area contributed by atoms with Crippen molar-refractivity contribution in [2.24, 2.45) is 17.8 Å². The maximum absolute atomic E-state index is 13.4. The standard InChI is InChI=1S/C19H35F2NO2.C2H6/c1-6-14-18(12(2)3)19(13(4)5)24-16-8-7-9-23-11-15(16)22(14)10-17(20)21;1-2/h12-19H,6-11H2,1-5H3;1-2H3. The van der Waals surface area contributed by atoms with Crippen LogP contribution in [-0.2, 0) is 9.47 Å². The van der Waals surface area contributed by atoms with Gasteiger partial charge in [0.05, 0.1) is 31.4 Å². The maximum atomic E-state index is 13.4. The van der Waals surface area contributed by atoms with Crippen molar-refractivity contribution >= 4 is 0 Å². The average molecular weight is 378 g/mol. The second kappa shape index (κ2) is 11.6. The molecule has 0 aliphatic carbocycles. The van der Waals surface area contributed by atoms with Crippen LogP contribution in [0.1, 0.15) is 67.7 Å². The summed E-state index contributed by atoms with van der Waals surface area (Å²) in [6.45, 7) is 15.9. The molecule has 5 unspecified atom stereocenters. The molecule has 2 heterocycles.